The van der Waals surface area contributed by atoms with Crippen LogP contribution in [0.15, 0.2) is 42.5 Å². The molecule has 3 fully saturated rings. The number of likely N-dealkylation sites (N-methyl/N-ethyl adjacent to an activating group) is 1. The predicted octanol–water partition coefficient (Wildman–Crippen LogP) is 5.91. The van der Waals surface area contributed by atoms with E-state index in [-0.39, 0.29) is 35.4 Å². The quantitative estimate of drug-likeness (QED) is 0.290. The van der Waals surface area contributed by atoms with Crippen LogP contribution in [0, 0.1) is 5.92 Å². The molecule has 2 aromatic rings. The molecule has 0 radical (unpaired) electrons. The number of ether oxygens (including phenoxy) is 2. The van der Waals surface area contributed by atoms with Crippen molar-refractivity contribution in [2.45, 2.75) is 68.9 Å². The van der Waals surface area contributed by atoms with Crippen molar-refractivity contribution in [2.24, 2.45) is 5.92 Å². The number of likely N-dealkylation sites (tertiary alicyclic amines) is 1. The lowest BCUT2D eigenvalue weighted by Crippen LogP contribution is -2.68. The first-order chi connectivity index (χ1) is 18.6. The molecule has 0 bridgehead atoms. The zero-order chi connectivity index (χ0) is 27.8. The summed E-state index contributed by atoms with van der Waals surface area (Å²) in [5.41, 5.74) is 1.25. The lowest BCUT2D eigenvalue weighted by Gasteiger charge is -2.60. The Kier molecular flexibility index (Phi) is 8.30. The van der Waals surface area contributed by atoms with Crippen LogP contribution >= 0.6 is 23.2 Å². The maximum Gasteiger partial charge on any atom is 0.308 e. The Labute approximate surface area is 241 Å². The van der Waals surface area contributed by atoms with Crippen LogP contribution < -0.4 is 4.74 Å². The molecule has 0 spiro atoms. The highest BCUT2D eigenvalue weighted by Crippen LogP contribution is 2.55. The fraction of sp³-hybridized carbons (Fsp3) is 0.548. The Balaban J connectivity index is 1.44. The summed E-state index contributed by atoms with van der Waals surface area (Å²) in [7, 11) is 3.75. The van der Waals surface area contributed by atoms with Crippen LogP contribution in [0.3, 0.4) is 0 Å². The first kappa shape index (κ1) is 28.4. The third-order valence-electron chi connectivity index (χ3n) is 9.20. The van der Waals surface area contributed by atoms with Gasteiger partial charge in [0.15, 0.2) is 0 Å². The molecule has 6 nitrogen and oxygen atoms in total. The van der Waals surface area contributed by atoms with E-state index in [1.54, 1.807) is 12.1 Å². The Morgan fingerprint density at radius 2 is 1.87 bits per heavy atom. The molecule has 2 saturated carbocycles. The Morgan fingerprint density at radius 3 is 2.56 bits per heavy atom. The van der Waals surface area contributed by atoms with E-state index >= 15 is 0 Å². The van der Waals surface area contributed by atoms with E-state index in [0.29, 0.717) is 15.8 Å². The molecule has 2 aliphatic carbocycles. The number of carbonyl (C=O) groups is 2. The van der Waals surface area contributed by atoms with Gasteiger partial charge in [-0.15, -0.1) is 0 Å². The monoisotopic (exact) mass is 572 g/mol. The number of fused-ring (bicyclic) bond motifs is 1. The lowest BCUT2D eigenvalue weighted by molar-refractivity contribution is -0.160. The fourth-order valence-corrected chi connectivity index (χ4v) is 7.21. The van der Waals surface area contributed by atoms with Crippen LogP contribution in [-0.2, 0) is 26.2 Å². The third-order valence-corrected chi connectivity index (χ3v) is 9.94. The summed E-state index contributed by atoms with van der Waals surface area (Å²) in [6.45, 7) is 4.39. The van der Waals surface area contributed by atoms with Crippen molar-refractivity contribution in [3.8, 4) is 5.75 Å². The SMILES string of the molecule is COC12CCC(N(C)C(=O)Cc3ccc(Cl)c(Cl)c3)CC1(c1cccc(OC(C)=O)c1)CCN(CC1CC1)C2. The maximum absolute atomic E-state index is 13.5. The van der Waals surface area contributed by atoms with Crippen LogP contribution in [0.1, 0.15) is 56.6 Å². The van der Waals surface area contributed by atoms with Crippen molar-refractivity contribution in [1.29, 1.82) is 0 Å². The van der Waals surface area contributed by atoms with Crippen molar-refractivity contribution in [3.63, 3.8) is 0 Å². The molecule has 39 heavy (non-hydrogen) atoms. The minimum Gasteiger partial charge on any atom is -0.427 e. The minimum absolute atomic E-state index is 0.0518. The molecular weight excluding hydrogens is 535 g/mol. The fourth-order valence-electron chi connectivity index (χ4n) is 6.89. The van der Waals surface area contributed by atoms with Crippen molar-refractivity contribution < 1.29 is 19.1 Å². The predicted molar refractivity (Wildman–Crippen MR) is 154 cm³/mol. The summed E-state index contributed by atoms with van der Waals surface area (Å²) in [6.07, 6.45) is 6.31. The molecule has 2 aromatic carbocycles. The number of benzene rings is 2. The van der Waals surface area contributed by atoms with Gasteiger partial charge in [0.2, 0.25) is 5.91 Å². The third kappa shape index (κ3) is 5.85. The number of nitrogens with zero attached hydrogens (tertiary/aromatic N) is 2. The summed E-state index contributed by atoms with van der Waals surface area (Å²) >= 11 is 12.3. The largest absolute Gasteiger partial charge is 0.427 e. The average Bonchev–Trinajstić information content (AvgIpc) is 3.73. The molecule has 3 unspecified atom stereocenters. The topological polar surface area (TPSA) is 59.1 Å². The van der Waals surface area contributed by atoms with Gasteiger partial charge in [0.25, 0.3) is 0 Å². The van der Waals surface area contributed by atoms with Gasteiger partial charge in [-0.1, -0.05) is 41.4 Å². The van der Waals surface area contributed by atoms with Gasteiger partial charge in [-0.05, 0) is 86.4 Å². The first-order valence-electron chi connectivity index (χ1n) is 13.9. The van der Waals surface area contributed by atoms with E-state index in [9.17, 15) is 9.59 Å². The summed E-state index contributed by atoms with van der Waals surface area (Å²) in [4.78, 5) is 29.7. The standard InChI is InChI=1S/C31H38Cl2N2O4/c1-21(36)39-26-6-4-5-24(17-26)30-13-14-35(19-22-7-8-22)20-31(30,38-3)12-11-25(18-30)34(2)29(37)16-23-9-10-27(32)28(33)15-23/h4-6,9-10,15,17,22,25H,7-8,11-14,16,18-20H2,1-3H3. The van der Waals surface area contributed by atoms with Crippen LogP contribution in [0.2, 0.25) is 10.0 Å². The van der Waals surface area contributed by atoms with Crippen molar-refractivity contribution in [2.75, 3.05) is 33.8 Å². The van der Waals surface area contributed by atoms with Crippen LogP contribution in [0.5, 0.6) is 5.75 Å². The van der Waals surface area contributed by atoms with Gasteiger partial charge in [0.1, 0.15) is 5.75 Å². The summed E-state index contributed by atoms with van der Waals surface area (Å²) in [5, 5.41) is 0.937. The van der Waals surface area contributed by atoms with E-state index in [4.69, 9.17) is 32.7 Å². The molecule has 1 saturated heterocycles. The number of carbonyl (C=O) groups excluding carboxylic acids is 2. The average molecular weight is 574 g/mol. The van der Waals surface area contributed by atoms with Crippen LogP contribution in [0.4, 0.5) is 0 Å². The summed E-state index contributed by atoms with van der Waals surface area (Å²) in [5.74, 6) is 1.07. The van der Waals surface area contributed by atoms with E-state index in [1.165, 1.54) is 19.8 Å². The summed E-state index contributed by atoms with van der Waals surface area (Å²) in [6, 6.07) is 13.3. The Morgan fingerprint density at radius 1 is 1.08 bits per heavy atom. The van der Waals surface area contributed by atoms with Gasteiger partial charge in [-0.3, -0.25) is 9.59 Å². The van der Waals surface area contributed by atoms with Crippen molar-refractivity contribution in [1.82, 2.24) is 9.80 Å². The van der Waals surface area contributed by atoms with E-state index in [2.05, 4.69) is 11.0 Å². The van der Waals surface area contributed by atoms with E-state index in [0.717, 1.165) is 62.4 Å². The zero-order valence-corrected chi connectivity index (χ0v) is 24.6. The van der Waals surface area contributed by atoms with Gasteiger partial charge in [0.05, 0.1) is 22.1 Å². The second-order valence-corrected chi connectivity index (χ2v) is 12.5. The van der Waals surface area contributed by atoms with Gasteiger partial charge in [-0.25, -0.2) is 0 Å². The molecule has 8 heteroatoms. The molecule has 3 aliphatic rings. The van der Waals surface area contributed by atoms with E-state index in [1.807, 2.05) is 43.3 Å². The zero-order valence-electron chi connectivity index (χ0n) is 23.1. The maximum atomic E-state index is 13.5. The first-order valence-corrected chi connectivity index (χ1v) is 14.7. The molecular formula is C31H38Cl2N2O4. The van der Waals surface area contributed by atoms with Crippen LogP contribution in [-0.4, -0.2) is 67.1 Å². The second kappa shape index (κ2) is 11.4. The highest BCUT2D eigenvalue weighted by molar-refractivity contribution is 6.42. The molecule has 5 rings (SSSR count). The number of methoxy groups -OCH3 is 1. The Hall–Kier alpha value is -2.12. The molecule has 0 aromatic heterocycles. The number of amides is 1. The van der Waals surface area contributed by atoms with Gasteiger partial charge in [0, 0.05) is 45.6 Å². The van der Waals surface area contributed by atoms with Crippen LogP contribution in [0.25, 0.3) is 0 Å². The van der Waals surface area contributed by atoms with Crippen molar-refractivity contribution >= 4 is 35.1 Å². The number of halogens is 2. The minimum atomic E-state index is -0.390. The summed E-state index contributed by atoms with van der Waals surface area (Å²) < 4.78 is 12.0. The van der Waals surface area contributed by atoms with Crippen molar-refractivity contribution in [3.05, 3.63) is 63.6 Å². The highest BCUT2D eigenvalue weighted by Gasteiger charge is 2.59. The molecule has 1 heterocycles. The number of esters is 1. The number of piperidine rings is 1. The normalized spacial score (nSPS) is 27.1. The lowest BCUT2D eigenvalue weighted by atomic mass is 9.55. The molecule has 1 aliphatic heterocycles. The van der Waals surface area contributed by atoms with Gasteiger partial charge >= 0.3 is 5.97 Å². The molecule has 210 valence electrons. The number of rotatable bonds is 8. The second-order valence-electron chi connectivity index (χ2n) is 11.7. The molecule has 3 atom stereocenters. The molecule has 0 N–H and O–H groups in total. The number of hydrogen-bond acceptors (Lipinski definition) is 5. The highest BCUT2D eigenvalue weighted by atomic mass is 35.5. The number of hydrogen-bond donors (Lipinski definition) is 0. The Bertz CT molecular complexity index is 1230. The van der Waals surface area contributed by atoms with E-state index < -0.39 is 0 Å². The van der Waals surface area contributed by atoms with Gasteiger partial charge < -0.3 is 19.3 Å². The van der Waals surface area contributed by atoms with Gasteiger partial charge in [-0.2, -0.15) is 0 Å². The smallest absolute Gasteiger partial charge is 0.308 e. The molecule has 1 amide bonds.